The maximum Gasteiger partial charge on any atom is 0.346 e. The number of hydrogen-bond donors (Lipinski definition) is 6. The van der Waals surface area contributed by atoms with Crippen LogP contribution in [0, 0.1) is 0 Å². The van der Waals surface area contributed by atoms with Crippen molar-refractivity contribution in [2.24, 2.45) is 0 Å². The number of carboxylic acids is 2. The zero-order valence-corrected chi connectivity index (χ0v) is 12.3. The van der Waals surface area contributed by atoms with Gasteiger partial charge in [-0.15, -0.1) is 0 Å². The number of nitrogens with two attached hydrogens (primary N) is 2. The summed E-state index contributed by atoms with van der Waals surface area (Å²) in [5.41, 5.74) is 9.50. The monoisotopic (exact) mass is 340 g/mol. The third-order valence-corrected chi connectivity index (χ3v) is 1.95. The summed E-state index contributed by atoms with van der Waals surface area (Å²) in [6.07, 6.45) is 2.12. The van der Waals surface area contributed by atoms with E-state index < -0.39 is 23.3 Å². The van der Waals surface area contributed by atoms with Gasteiger partial charge in [0.2, 0.25) is 0 Å². The number of nitrogens with one attached hydrogen (secondary N) is 2. The molecular weight excluding hydrogens is 324 g/mol. The predicted molar refractivity (Wildman–Crippen MR) is 83.0 cm³/mol. The molecule has 0 aromatic carbocycles. The van der Waals surface area contributed by atoms with Crippen LogP contribution in [-0.4, -0.2) is 42.1 Å². The van der Waals surface area contributed by atoms with Gasteiger partial charge < -0.3 is 21.7 Å². The zero-order valence-electron chi connectivity index (χ0n) is 12.3. The molecule has 2 aromatic heterocycles. The number of hydrogen-bond acceptors (Lipinski definition) is 8. The molecule has 2 rings (SSSR count). The van der Waals surface area contributed by atoms with E-state index >= 15 is 0 Å². The lowest BCUT2D eigenvalue weighted by Crippen LogP contribution is -2.10. The Morgan fingerprint density at radius 2 is 1.21 bits per heavy atom. The van der Waals surface area contributed by atoms with Crippen molar-refractivity contribution in [3.8, 4) is 0 Å². The van der Waals surface area contributed by atoms with Crippen molar-refractivity contribution < 1.29 is 19.8 Å². The molecule has 12 nitrogen and oxygen atoms in total. The van der Waals surface area contributed by atoms with E-state index in [-0.39, 0.29) is 12.8 Å². The fourth-order valence-corrected chi connectivity index (χ4v) is 0.979. The fraction of sp³-hybridized carbons (Fsp3) is 0.167. The number of aromatic nitrogens is 4. The second kappa shape index (κ2) is 10.9. The molecule has 2 heterocycles. The molecule has 24 heavy (non-hydrogen) atoms. The molecule has 0 aliphatic carbocycles. The van der Waals surface area contributed by atoms with Gasteiger partial charge in [0.05, 0.1) is 12.8 Å². The van der Waals surface area contributed by atoms with Crippen molar-refractivity contribution in [2.45, 2.75) is 12.8 Å². The molecule has 0 saturated carbocycles. The number of nitrogens with zero attached hydrogens (tertiary/aromatic N) is 2. The van der Waals surface area contributed by atoms with Crippen molar-refractivity contribution in [1.82, 2.24) is 19.9 Å². The normalized spacial score (nSPS) is 8.83. The van der Waals surface area contributed by atoms with Gasteiger partial charge in [0.15, 0.2) is 0 Å². The average molecular weight is 340 g/mol. The molecule has 8 N–H and O–H groups in total. The van der Waals surface area contributed by atoms with Gasteiger partial charge in [-0.3, -0.25) is 19.6 Å². The lowest BCUT2D eigenvalue weighted by atomic mass is 10.3. The predicted octanol–water partition coefficient (Wildman–Crippen LogP) is -1.36. The van der Waals surface area contributed by atoms with Crippen LogP contribution in [0.25, 0.3) is 0 Å². The maximum absolute atomic E-state index is 10.2. The highest BCUT2D eigenvalue weighted by molar-refractivity contribution is 5.75. The van der Waals surface area contributed by atoms with Crippen LogP contribution in [0.15, 0.2) is 34.1 Å². The Kier molecular flexibility index (Phi) is 9.26. The summed E-state index contributed by atoms with van der Waals surface area (Å²) in [5, 5.41) is 15.8. The number of aliphatic carboxylic acids is 2. The van der Waals surface area contributed by atoms with Crippen LogP contribution < -0.4 is 22.8 Å². The van der Waals surface area contributed by atoms with Crippen LogP contribution in [0.3, 0.4) is 0 Å². The van der Waals surface area contributed by atoms with Gasteiger partial charge in [-0.2, -0.15) is 0 Å². The first-order chi connectivity index (χ1) is 11.2. The minimum atomic E-state index is -1.08. The highest BCUT2D eigenvalue weighted by atomic mass is 16.4. The largest absolute Gasteiger partial charge is 0.481 e. The molecule has 0 aliphatic heterocycles. The number of carbonyl (C=O) groups is 2. The fourth-order valence-electron chi connectivity index (χ4n) is 0.979. The molecule has 0 radical (unpaired) electrons. The van der Waals surface area contributed by atoms with E-state index in [1.165, 1.54) is 24.5 Å². The number of nitrogen functional groups attached to an aromatic ring is 2. The Morgan fingerprint density at radius 3 is 1.38 bits per heavy atom. The summed E-state index contributed by atoms with van der Waals surface area (Å²) < 4.78 is 0. The molecule has 0 aliphatic rings. The van der Waals surface area contributed by atoms with Gasteiger partial charge in [-0.05, 0) is 12.1 Å². The third kappa shape index (κ3) is 12.1. The minimum Gasteiger partial charge on any atom is -0.481 e. The number of rotatable bonds is 3. The maximum atomic E-state index is 10.2. The van der Waals surface area contributed by atoms with Gasteiger partial charge in [-0.1, -0.05) is 0 Å². The molecular formula is C12H16N6O6. The van der Waals surface area contributed by atoms with Gasteiger partial charge in [0.1, 0.15) is 11.6 Å². The molecule has 12 heteroatoms. The Labute approximate surface area is 134 Å². The van der Waals surface area contributed by atoms with Crippen LogP contribution in [0.1, 0.15) is 12.8 Å². The van der Waals surface area contributed by atoms with Crippen molar-refractivity contribution >= 4 is 23.6 Å². The molecule has 0 atom stereocenters. The van der Waals surface area contributed by atoms with E-state index in [0.29, 0.717) is 11.6 Å². The Bertz CT molecular complexity index is 705. The molecule has 0 amide bonds. The van der Waals surface area contributed by atoms with Crippen molar-refractivity contribution in [3.63, 3.8) is 0 Å². The average Bonchev–Trinajstić information content (AvgIpc) is 2.46. The SMILES string of the molecule is Nc1ccnc(=O)[nH]1.Nc1ccnc(=O)[nH]1.O=C(O)CCC(=O)O. The summed E-state index contributed by atoms with van der Waals surface area (Å²) in [7, 11) is 0. The van der Waals surface area contributed by atoms with E-state index in [9.17, 15) is 19.2 Å². The van der Waals surface area contributed by atoms with E-state index in [4.69, 9.17) is 21.7 Å². The second-order valence-corrected chi connectivity index (χ2v) is 3.95. The molecule has 0 bridgehead atoms. The first-order valence-corrected chi connectivity index (χ1v) is 6.26. The summed E-state index contributed by atoms with van der Waals surface area (Å²) in [4.78, 5) is 51.0. The highest BCUT2D eigenvalue weighted by Gasteiger charge is 2.00. The smallest absolute Gasteiger partial charge is 0.346 e. The number of aromatic amines is 2. The van der Waals surface area contributed by atoms with E-state index in [2.05, 4.69) is 19.9 Å². The zero-order chi connectivity index (χ0) is 18.5. The van der Waals surface area contributed by atoms with Crippen LogP contribution >= 0.6 is 0 Å². The van der Waals surface area contributed by atoms with Crippen LogP contribution in [0.4, 0.5) is 11.6 Å². The Morgan fingerprint density at radius 1 is 0.875 bits per heavy atom. The third-order valence-electron chi connectivity index (χ3n) is 1.95. The topological polar surface area (TPSA) is 218 Å². The van der Waals surface area contributed by atoms with E-state index in [1.807, 2.05) is 0 Å². The summed E-state index contributed by atoms with van der Waals surface area (Å²) >= 11 is 0. The lowest BCUT2D eigenvalue weighted by Gasteiger charge is -1.85. The highest BCUT2D eigenvalue weighted by Crippen LogP contribution is 1.86. The van der Waals surface area contributed by atoms with Crippen molar-refractivity contribution in [2.75, 3.05) is 11.5 Å². The lowest BCUT2D eigenvalue weighted by molar-refractivity contribution is -0.143. The van der Waals surface area contributed by atoms with Gasteiger partial charge in [0, 0.05) is 12.4 Å². The molecule has 0 saturated heterocycles. The van der Waals surface area contributed by atoms with Crippen LogP contribution in [-0.2, 0) is 9.59 Å². The minimum absolute atomic E-state index is 0.296. The van der Waals surface area contributed by atoms with Crippen LogP contribution in [0.5, 0.6) is 0 Å². The molecule has 130 valence electrons. The van der Waals surface area contributed by atoms with Crippen molar-refractivity contribution in [1.29, 1.82) is 0 Å². The first-order valence-electron chi connectivity index (χ1n) is 6.26. The first kappa shape index (κ1) is 20.3. The second-order valence-electron chi connectivity index (χ2n) is 3.95. The molecule has 0 unspecified atom stereocenters. The summed E-state index contributed by atoms with van der Waals surface area (Å²) in [6, 6.07) is 3.03. The van der Waals surface area contributed by atoms with Gasteiger partial charge in [0.25, 0.3) is 0 Å². The summed E-state index contributed by atoms with van der Waals surface area (Å²) in [6.45, 7) is 0. The Balaban J connectivity index is 0.000000331. The summed E-state index contributed by atoms with van der Waals surface area (Å²) in [5.74, 6) is -1.48. The van der Waals surface area contributed by atoms with Gasteiger partial charge >= 0.3 is 23.3 Å². The molecule has 0 fully saturated rings. The number of anilines is 2. The van der Waals surface area contributed by atoms with E-state index in [1.54, 1.807) is 0 Å². The molecule has 0 spiro atoms. The number of H-pyrrole nitrogens is 2. The Hall–Kier alpha value is -3.70. The van der Waals surface area contributed by atoms with Gasteiger partial charge in [-0.25, -0.2) is 19.6 Å². The quantitative estimate of drug-likeness (QED) is 0.385. The molecule has 2 aromatic rings. The number of carboxylic acid groups (broad SMARTS) is 2. The van der Waals surface area contributed by atoms with E-state index in [0.717, 1.165) is 0 Å². The van der Waals surface area contributed by atoms with Crippen molar-refractivity contribution in [3.05, 3.63) is 45.5 Å². The standard InChI is InChI=1S/2C4H5N3O.C4H6O4/c2*5-3-1-2-6-4(8)7-3;5-3(6)1-2-4(7)8/h2*1-2H,(H3,5,6,7,8);1-2H2,(H,5,6)(H,7,8). The van der Waals surface area contributed by atoms with Crippen LogP contribution in [0.2, 0.25) is 0 Å².